The van der Waals surface area contributed by atoms with Crippen LogP contribution in [0.1, 0.15) is 24.1 Å². The molecule has 0 spiro atoms. The Hall–Kier alpha value is -2.20. The van der Waals surface area contributed by atoms with E-state index in [4.69, 9.17) is 9.47 Å². The summed E-state index contributed by atoms with van der Waals surface area (Å²) in [6, 6.07) is 13.3. The van der Waals surface area contributed by atoms with E-state index in [1.54, 1.807) is 12.1 Å². The van der Waals surface area contributed by atoms with Crippen molar-refractivity contribution in [2.45, 2.75) is 19.6 Å². The molecular formula is C17H19NO3. The van der Waals surface area contributed by atoms with Crippen molar-refractivity contribution in [2.75, 3.05) is 13.2 Å². The SMILES string of the molecule is CCNC1COc2cc(OCc3ccc(O)cc3)ccc21. The van der Waals surface area contributed by atoms with Gasteiger partial charge in [0.25, 0.3) is 0 Å². The van der Waals surface area contributed by atoms with Crippen LogP contribution in [0.25, 0.3) is 0 Å². The molecule has 4 heteroatoms. The van der Waals surface area contributed by atoms with Crippen molar-refractivity contribution in [3.8, 4) is 17.2 Å². The van der Waals surface area contributed by atoms with E-state index in [-0.39, 0.29) is 11.8 Å². The molecule has 0 bridgehead atoms. The zero-order chi connectivity index (χ0) is 14.7. The van der Waals surface area contributed by atoms with Gasteiger partial charge in [0, 0.05) is 11.6 Å². The van der Waals surface area contributed by atoms with E-state index >= 15 is 0 Å². The first-order valence-corrected chi connectivity index (χ1v) is 7.17. The predicted octanol–water partition coefficient (Wildman–Crippen LogP) is 3.01. The van der Waals surface area contributed by atoms with Gasteiger partial charge in [-0.15, -0.1) is 0 Å². The molecule has 2 N–H and O–H groups in total. The van der Waals surface area contributed by atoms with Crippen LogP contribution in [-0.2, 0) is 6.61 Å². The molecule has 0 radical (unpaired) electrons. The molecule has 1 aliphatic heterocycles. The number of phenols is 1. The van der Waals surface area contributed by atoms with Gasteiger partial charge in [0.05, 0.1) is 6.04 Å². The first-order valence-electron chi connectivity index (χ1n) is 7.17. The third-order valence-corrected chi connectivity index (χ3v) is 3.56. The van der Waals surface area contributed by atoms with Gasteiger partial charge in [0.15, 0.2) is 0 Å². The summed E-state index contributed by atoms with van der Waals surface area (Å²) in [5.74, 6) is 1.95. The smallest absolute Gasteiger partial charge is 0.128 e. The van der Waals surface area contributed by atoms with Gasteiger partial charge < -0.3 is 19.9 Å². The van der Waals surface area contributed by atoms with E-state index in [9.17, 15) is 5.11 Å². The lowest BCUT2D eigenvalue weighted by atomic mass is 10.1. The minimum atomic E-state index is 0.263. The average molecular weight is 285 g/mol. The molecule has 21 heavy (non-hydrogen) atoms. The number of hydrogen-bond acceptors (Lipinski definition) is 4. The van der Waals surface area contributed by atoms with E-state index in [2.05, 4.69) is 18.3 Å². The number of benzene rings is 2. The Bertz CT molecular complexity index is 610. The molecule has 110 valence electrons. The van der Waals surface area contributed by atoms with Crippen molar-refractivity contribution in [1.82, 2.24) is 5.32 Å². The Labute approximate surface area is 124 Å². The van der Waals surface area contributed by atoms with Crippen LogP contribution in [0.5, 0.6) is 17.2 Å². The van der Waals surface area contributed by atoms with Crippen molar-refractivity contribution >= 4 is 0 Å². The third kappa shape index (κ3) is 3.11. The standard InChI is InChI=1S/C17H19NO3/c1-2-18-16-11-21-17-9-14(7-8-15(16)17)20-10-12-3-5-13(19)6-4-12/h3-9,16,18-19H,2,10-11H2,1H3. The highest BCUT2D eigenvalue weighted by molar-refractivity contribution is 5.45. The lowest BCUT2D eigenvalue weighted by Crippen LogP contribution is -2.21. The van der Waals surface area contributed by atoms with Gasteiger partial charge in [-0.05, 0) is 36.4 Å². The summed E-state index contributed by atoms with van der Waals surface area (Å²) >= 11 is 0. The highest BCUT2D eigenvalue weighted by Gasteiger charge is 2.23. The fourth-order valence-corrected chi connectivity index (χ4v) is 2.45. The molecule has 1 unspecified atom stereocenters. The molecule has 3 rings (SSSR count). The summed E-state index contributed by atoms with van der Waals surface area (Å²) in [5.41, 5.74) is 2.20. The second-order valence-electron chi connectivity index (χ2n) is 5.08. The second-order valence-corrected chi connectivity index (χ2v) is 5.08. The molecule has 2 aromatic carbocycles. The Morgan fingerprint density at radius 2 is 2.05 bits per heavy atom. The van der Waals surface area contributed by atoms with Crippen LogP contribution in [0.4, 0.5) is 0 Å². The van der Waals surface area contributed by atoms with Crippen LogP contribution in [0.2, 0.25) is 0 Å². The number of fused-ring (bicyclic) bond motifs is 1. The molecule has 0 saturated heterocycles. The van der Waals surface area contributed by atoms with Crippen LogP contribution >= 0.6 is 0 Å². The van der Waals surface area contributed by atoms with Gasteiger partial charge in [0.1, 0.15) is 30.5 Å². The van der Waals surface area contributed by atoms with Crippen molar-refractivity contribution in [2.24, 2.45) is 0 Å². The number of ether oxygens (including phenoxy) is 2. The second kappa shape index (κ2) is 6.06. The Morgan fingerprint density at radius 1 is 1.24 bits per heavy atom. The van der Waals surface area contributed by atoms with Crippen molar-refractivity contribution in [3.63, 3.8) is 0 Å². The first-order chi connectivity index (χ1) is 10.3. The molecule has 1 aliphatic rings. The van der Waals surface area contributed by atoms with Crippen LogP contribution in [0.15, 0.2) is 42.5 Å². The van der Waals surface area contributed by atoms with Crippen LogP contribution in [0.3, 0.4) is 0 Å². The normalized spacial score (nSPS) is 16.3. The monoisotopic (exact) mass is 285 g/mol. The topological polar surface area (TPSA) is 50.7 Å². The number of likely N-dealkylation sites (N-methyl/N-ethyl adjacent to an activating group) is 1. The van der Waals surface area contributed by atoms with Gasteiger partial charge in [-0.3, -0.25) is 0 Å². The predicted molar refractivity (Wildman–Crippen MR) is 80.8 cm³/mol. The molecule has 0 fully saturated rings. The van der Waals surface area contributed by atoms with Gasteiger partial charge >= 0.3 is 0 Å². The third-order valence-electron chi connectivity index (χ3n) is 3.56. The quantitative estimate of drug-likeness (QED) is 0.886. The van der Waals surface area contributed by atoms with Gasteiger partial charge in [-0.1, -0.05) is 19.1 Å². The summed E-state index contributed by atoms with van der Waals surface area (Å²) in [7, 11) is 0. The summed E-state index contributed by atoms with van der Waals surface area (Å²) in [6.07, 6.45) is 0. The highest BCUT2D eigenvalue weighted by atomic mass is 16.5. The minimum absolute atomic E-state index is 0.263. The zero-order valence-electron chi connectivity index (χ0n) is 12.0. The highest BCUT2D eigenvalue weighted by Crippen LogP contribution is 2.35. The van der Waals surface area contributed by atoms with Crippen molar-refractivity contribution in [1.29, 1.82) is 0 Å². The number of rotatable bonds is 5. The molecule has 0 aliphatic carbocycles. The summed E-state index contributed by atoms with van der Waals surface area (Å²) < 4.78 is 11.5. The number of nitrogens with one attached hydrogen (secondary N) is 1. The molecule has 1 atom stereocenters. The van der Waals surface area contributed by atoms with E-state index in [0.717, 1.165) is 23.6 Å². The Morgan fingerprint density at radius 3 is 2.81 bits per heavy atom. The molecule has 1 heterocycles. The number of aromatic hydroxyl groups is 1. The van der Waals surface area contributed by atoms with Crippen LogP contribution in [0, 0.1) is 0 Å². The van der Waals surface area contributed by atoms with Gasteiger partial charge in [-0.25, -0.2) is 0 Å². The summed E-state index contributed by atoms with van der Waals surface area (Å²) in [4.78, 5) is 0. The number of phenolic OH excluding ortho intramolecular Hbond substituents is 1. The van der Waals surface area contributed by atoms with Crippen molar-refractivity contribution < 1.29 is 14.6 Å². The van der Waals surface area contributed by atoms with E-state index < -0.39 is 0 Å². The van der Waals surface area contributed by atoms with E-state index in [1.165, 1.54) is 5.56 Å². The minimum Gasteiger partial charge on any atom is -0.508 e. The maximum Gasteiger partial charge on any atom is 0.128 e. The zero-order valence-corrected chi connectivity index (χ0v) is 12.0. The molecule has 0 saturated carbocycles. The molecular weight excluding hydrogens is 266 g/mol. The van der Waals surface area contributed by atoms with Gasteiger partial charge in [0.2, 0.25) is 0 Å². The van der Waals surface area contributed by atoms with Crippen molar-refractivity contribution in [3.05, 3.63) is 53.6 Å². The van der Waals surface area contributed by atoms with E-state index in [1.807, 2.05) is 24.3 Å². The average Bonchev–Trinajstić information content (AvgIpc) is 2.90. The molecule has 0 amide bonds. The maximum atomic E-state index is 9.25. The van der Waals surface area contributed by atoms with Gasteiger partial charge in [-0.2, -0.15) is 0 Å². The lowest BCUT2D eigenvalue weighted by Gasteiger charge is -2.10. The first kappa shape index (κ1) is 13.8. The lowest BCUT2D eigenvalue weighted by molar-refractivity contribution is 0.297. The van der Waals surface area contributed by atoms with E-state index in [0.29, 0.717) is 13.2 Å². The maximum absolute atomic E-state index is 9.25. The molecule has 4 nitrogen and oxygen atoms in total. The Balaban J connectivity index is 1.66. The number of hydrogen-bond donors (Lipinski definition) is 2. The fourth-order valence-electron chi connectivity index (χ4n) is 2.45. The Kier molecular flexibility index (Phi) is 3.97. The molecule has 0 aromatic heterocycles. The van der Waals surface area contributed by atoms with Crippen LogP contribution in [-0.4, -0.2) is 18.3 Å². The molecule has 2 aromatic rings. The largest absolute Gasteiger partial charge is 0.508 e. The fraction of sp³-hybridized carbons (Fsp3) is 0.294. The summed E-state index contributed by atoms with van der Waals surface area (Å²) in [6.45, 7) is 4.15. The van der Waals surface area contributed by atoms with Crippen LogP contribution < -0.4 is 14.8 Å². The summed E-state index contributed by atoms with van der Waals surface area (Å²) in [5, 5.41) is 12.6.